The predicted octanol–water partition coefficient (Wildman–Crippen LogP) is 2.94. The lowest BCUT2D eigenvalue weighted by molar-refractivity contribution is 0.756. The number of aryl methyl sites for hydroxylation is 2. The van der Waals surface area contributed by atoms with E-state index in [1.807, 2.05) is 20.9 Å². The van der Waals surface area contributed by atoms with Gasteiger partial charge in [0.25, 0.3) is 0 Å². The Balaban J connectivity index is 2.76. The molecule has 1 rings (SSSR count). The molecule has 0 aliphatic heterocycles. The molecule has 1 atom stereocenters. The molecule has 1 heterocycles. The summed E-state index contributed by atoms with van der Waals surface area (Å²) in [5.74, 6) is 0. The third kappa shape index (κ3) is 2.61. The molecular formula is C9H14Cl2N2. The molecule has 1 aromatic rings. The van der Waals surface area contributed by atoms with Crippen LogP contribution in [0.2, 0.25) is 5.15 Å². The fourth-order valence-electron chi connectivity index (χ4n) is 1.30. The van der Waals surface area contributed by atoms with Crippen LogP contribution in [0.1, 0.15) is 24.6 Å². The highest BCUT2D eigenvalue weighted by atomic mass is 35.5. The average molecular weight is 221 g/mol. The molecule has 0 aliphatic rings. The van der Waals surface area contributed by atoms with Crippen LogP contribution < -0.4 is 0 Å². The van der Waals surface area contributed by atoms with E-state index in [0.29, 0.717) is 0 Å². The van der Waals surface area contributed by atoms with Gasteiger partial charge in [0.15, 0.2) is 0 Å². The lowest BCUT2D eigenvalue weighted by Crippen LogP contribution is -1.96. The molecule has 0 radical (unpaired) electrons. The van der Waals surface area contributed by atoms with Crippen molar-refractivity contribution in [2.24, 2.45) is 7.05 Å². The zero-order valence-corrected chi connectivity index (χ0v) is 9.65. The first-order valence-corrected chi connectivity index (χ1v) is 5.16. The maximum Gasteiger partial charge on any atom is 0.130 e. The minimum absolute atomic E-state index is 0.190. The van der Waals surface area contributed by atoms with Crippen molar-refractivity contribution in [3.63, 3.8) is 0 Å². The van der Waals surface area contributed by atoms with Gasteiger partial charge in [-0.05, 0) is 26.7 Å². The van der Waals surface area contributed by atoms with Crippen LogP contribution in [0.5, 0.6) is 0 Å². The van der Waals surface area contributed by atoms with Gasteiger partial charge in [0, 0.05) is 18.0 Å². The second-order valence-corrected chi connectivity index (χ2v) is 4.40. The maximum absolute atomic E-state index is 6.05. The Kier molecular flexibility index (Phi) is 3.63. The first-order chi connectivity index (χ1) is 6.02. The predicted molar refractivity (Wildman–Crippen MR) is 56.6 cm³/mol. The highest BCUT2D eigenvalue weighted by molar-refractivity contribution is 6.30. The van der Waals surface area contributed by atoms with Crippen molar-refractivity contribution >= 4 is 23.2 Å². The van der Waals surface area contributed by atoms with Gasteiger partial charge in [0.1, 0.15) is 5.15 Å². The standard InChI is InChI=1S/C9H14Cl2N2/c1-6(10)4-5-8-7(2)12-13(3)9(8)11/h6H,4-5H2,1-3H3. The summed E-state index contributed by atoms with van der Waals surface area (Å²) in [4.78, 5) is 0. The lowest BCUT2D eigenvalue weighted by Gasteiger charge is -2.02. The Bertz CT molecular complexity index is 292. The Morgan fingerprint density at radius 1 is 1.54 bits per heavy atom. The van der Waals surface area contributed by atoms with Gasteiger partial charge in [0.2, 0.25) is 0 Å². The molecule has 1 unspecified atom stereocenters. The molecule has 74 valence electrons. The van der Waals surface area contributed by atoms with Gasteiger partial charge in [-0.3, -0.25) is 4.68 Å². The number of alkyl halides is 1. The fourth-order valence-corrected chi connectivity index (χ4v) is 1.68. The lowest BCUT2D eigenvalue weighted by atomic mass is 10.1. The summed E-state index contributed by atoms with van der Waals surface area (Å²) in [6.07, 6.45) is 1.84. The summed E-state index contributed by atoms with van der Waals surface area (Å²) >= 11 is 11.9. The zero-order valence-electron chi connectivity index (χ0n) is 8.14. The molecule has 4 heteroatoms. The number of nitrogens with zero attached hydrogens (tertiary/aromatic N) is 2. The normalized spacial score (nSPS) is 13.3. The van der Waals surface area contributed by atoms with Crippen LogP contribution >= 0.6 is 23.2 Å². The van der Waals surface area contributed by atoms with Crippen LogP contribution in [-0.4, -0.2) is 15.2 Å². The molecule has 13 heavy (non-hydrogen) atoms. The monoisotopic (exact) mass is 220 g/mol. The molecular weight excluding hydrogens is 207 g/mol. The smallest absolute Gasteiger partial charge is 0.130 e. The van der Waals surface area contributed by atoms with E-state index in [2.05, 4.69) is 5.10 Å². The van der Waals surface area contributed by atoms with E-state index in [4.69, 9.17) is 23.2 Å². The van der Waals surface area contributed by atoms with Gasteiger partial charge in [0.05, 0.1) is 5.69 Å². The van der Waals surface area contributed by atoms with E-state index in [1.54, 1.807) is 4.68 Å². The summed E-state index contributed by atoms with van der Waals surface area (Å²) in [6, 6.07) is 0. The third-order valence-electron chi connectivity index (χ3n) is 2.06. The van der Waals surface area contributed by atoms with Crippen molar-refractivity contribution in [2.45, 2.75) is 32.1 Å². The first-order valence-electron chi connectivity index (χ1n) is 4.34. The number of aromatic nitrogens is 2. The van der Waals surface area contributed by atoms with Gasteiger partial charge >= 0.3 is 0 Å². The van der Waals surface area contributed by atoms with Crippen LogP contribution in [0.15, 0.2) is 0 Å². The van der Waals surface area contributed by atoms with Crippen molar-refractivity contribution in [3.05, 3.63) is 16.4 Å². The van der Waals surface area contributed by atoms with Crippen LogP contribution in [0.4, 0.5) is 0 Å². The number of halogens is 2. The van der Waals surface area contributed by atoms with Crippen molar-refractivity contribution < 1.29 is 0 Å². The van der Waals surface area contributed by atoms with Crippen LogP contribution in [-0.2, 0) is 13.5 Å². The van der Waals surface area contributed by atoms with E-state index in [-0.39, 0.29) is 5.38 Å². The van der Waals surface area contributed by atoms with Crippen molar-refractivity contribution in [1.82, 2.24) is 9.78 Å². The quantitative estimate of drug-likeness (QED) is 0.717. The van der Waals surface area contributed by atoms with Crippen molar-refractivity contribution in [3.8, 4) is 0 Å². The van der Waals surface area contributed by atoms with Crippen LogP contribution in [0.3, 0.4) is 0 Å². The van der Waals surface area contributed by atoms with Gasteiger partial charge in [-0.2, -0.15) is 5.10 Å². The molecule has 0 amide bonds. The van der Waals surface area contributed by atoms with Crippen molar-refractivity contribution in [1.29, 1.82) is 0 Å². The Hall–Kier alpha value is -0.210. The zero-order chi connectivity index (χ0) is 10.0. The first kappa shape index (κ1) is 10.9. The molecule has 0 saturated carbocycles. The molecule has 2 nitrogen and oxygen atoms in total. The second kappa shape index (κ2) is 4.34. The average Bonchev–Trinajstić information content (AvgIpc) is 2.24. The van der Waals surface area contributed by atoms with E-state index >= 15 is 0 Å². The summed E-state index contributed by atoms with van der Waals surface area (Å²) in [6.45, 7) is 3.96. The highest BCUT2D eigenvalue weighted by Gasteiger charge is 2.11. The summed E-state index contributed by atoms with van der Waals surface area (Å²) < 4.78 is 1.70. The minimum atomic E-state index is 0.190. The van der Waals surface area contributed by atoms with E-state index in [1.165, 1.54) is 0 Å². The molecule has 0 aromatic carbocycles. The third-order valence-corrected chi connectivity index (χ3v) is 2.75. The Labute approximate surface area is 88.8 Å². The summed E-state index contributed by atoms with van der Waals surface area (Å²) in [7, 11) is 1.85. The minimum Gasteiger partial charge on any atom is -0.257 e. The SMILES string of the molecule is Cc1nn(C)c(Cl)c1CCC(C)Cl. The molecule has 0 spiro atoms. The second-order valence-electron chi connectivity index (χ2n) is 3.30. The van der Waals surface area contributed by atoms with Crippen LogP contribution in [0.25, 0.3) is 0 Å². The molecule has 0 saturated heterocycles. The summed E-state index contributed by atoms with van der Waals surface area (Å²) in [5.41, 5.74) is 2.13. The van der Waals surface area contributed by atoms with Crippen LogP contribution in [0, 0.1) is 6.92 Å². The van der Waals surface area contributed by atoms with Gasteiger partial charge < -0.3 is 0 Å². The van der Waals surface area contributed by atoms with Crippen molar-refractivity contribution in [2.75, 3.05) is 0 Å². The molecule has 0 N–H and O–H groups in total. The Morgan fingerprint density at radius 3 is 2.54 bits per heavy atom. The molecule has 0 bridgehead atoms. The van der Waals surface area contributed by atoms with Gasteiger partial charge in [-0.15, -0.1) is 11.6 Å². The largest absolute Gasteiger partial charge is 0.257 e. The van der Waals surface area contributed by atoms with E-state index < -0.39 is 0 Å². The topological polar surface area (TPSA) is 17.8 Å². The van der Waals surface area contributed by atoms with Gasteiger partial charge in [-0.1, -0.05) is 11.6 Å². The summed E-state index contributed by atoms with van der Waals surface area (Å²) in [5, 5.41) is 5.15. The molecule has 1 aromatic heterocycles. The number of hydrogen-bond acceptors (Lipinski definition) is 1. The number of hydrogen-bond donors (Lipinski definition) is 0. The van der Waals surface area contributed by atoms with E-state index in [0.717, 1.165) is 29.3 Å². The van der Waals surface area contributed by atoms with E-state index in [9.17, 15) is 0 Å². The Morgan fingerprint density at radius 2 is 2.15 bits per heavy atom. The van der Waals surface area contributed by atoms with Gasteiger partial charge in [-0.25, -0.2) is 0 Å². The number of rotatable bonds is 3. The molecule has 0 fully saturated rings. The fraction of sp³-hybridized carbons (Fsp3) is 0.667. The molecule has 0 aliphatic carbocycles. The highest BCUT2D eigenvalue weighted by Crippen LogP contribution is 2.21. The maximum atomic E-state index is 6.05.